The van der Waals surface area contributed by atoms with Crippen molar-refractivity contribution in [2.45, 2.75) is 46.6 Å². The fraction of sp³-hybridized carbons (Fsp3) is 0.435. The third-order valence-electron chi connectivity index (χ3n) is 5.63. The number of hydrogen-bond donors (Lipinski definition) is 1. The highest BCUT2D eigenvalue weighted by atomic mass is 16.5. The van der Waals surface area contributed by atoms with Crippen molar-refractivity contribution in [3.8, 4) is 0 Å². The van der Waals surface area contributed by atoms with Crippen molar-refractivity contribution in [1.82, 2.24) is 9.47 Å². The van der Waals surface area contributed by atoms with Gasteiger partial charge in [-0.05, 0) is 57.7 Å². The van der Waals surface area contributed by atoms with Gasteiger partial charge in [0.05, 0.1) is 13.2 Å². The molecule has 0 bridgehead atoms. The van der Waals surface area contributed by atoms with Crippen LogP contribution in [0.2, 0.25) is 0 Å². The van der Waals surface area contributed by atoms with Gasteiger partial charge in [-0.25, -0.2) is 9.59 Å². The zero-order valence-corrected chi connectivity index (χ0v) is 18.2. The number of benzene rings is 1. The number of anilines is 1. The van der Waals surface area contributed by atoms with Gasteiger partial charge >= 0.3 is 12.0 Å². The van der Waals surface area contributed by atoms with Crippen LogP contribution in [-0.4, -0.2) is 46.4 Å². The Bertz CT molecular complexity index is 989. The van der Waals surface area contributed by atoms with Gasteiger partial charge in [-0.3, -0.25) is 4.79 Å². The van der Waals surface area contributed by atoms with Gasteiger partial charge in [0.25, 0.3) is 0 Å². The van der Waals surface area contributed by atoms with E-state index in [1.807, 2.05) is 31.2 Å². The van der Waals surface area contributed by atoms with E-state index >= 15 is 0 Å². The number of ketones is 1. The molecule has 1 fully saturated rings. The summed E-state index contributed by atoms with van der Waals surface area (Å²) >= 11 is 0. The van der Waals surface area contributed by atoms with E-state index in [0.29, 0.717) is 22.5 Å². The number of esters is 1. The first-order valence-electron chi connectivity index (χ1n) is 10.3. The maximum Gasteiger partial charge on any atom is 0.355 e. The maximum absolute atomic E-state index is 13.2. The predicted molar refractivity (Wildman–Crippen MR) is 115 cm³/mol. The second-order valence-electron chi connectivity index (χ2n) is 7.74. The van der Waals surface area contributed by atoms with Crippen molar-refractivity contribution in [1.29, 1.82) is 0 Å². The molecule has 2 aromatic rings. The largest absolute Gasteiger partial charge is 0.461 e. The Morgan fingerprint density at radius 3 is 2.43 bits per heavy atom. The lowest BCUT2D eigenvalue weighted by Crippen LogP contribution is -2.40. The minimum atomic E-state index is -0.448. The number of rotatable bonds is 7. The third-order valence-corrected chi connectivity index (χ3v) is 5.63. The summed E-state index contributed by atoms with van der Waals surface area (Å²) in [6.07, 6.45) is 1.77. The van der Waals surface area contributed by atoms with Gasteiger partial charge in [-0.2, -0.15) is 0 Å². The van der Waals surface area contributed by atoms with Crippen molar-refractivity contribution in [3.63, 3.8) is 0 Å². The molecule has 0 unspecified atom stereocenters. The Morgan fingerprint density at radius 1 is 1.17 bits per heavy atom. The third kappa shape index (κ3) is 4.25. The molecule has 2 amide bonds. The maximum atomic E-state index is 13.2. The minimum Gasteiger partial charge on any atom is -0.461 e. The predicted octanol–water partition coefficient (Wildman–Crippen LogP) is 4.01. The molecule has 0 atom stereocenters. The lowest BCUT2D eigenvalue weighted by molar-refractivity contribution is 0.0514. The number of para-hydroxylation sites is 1. The van der Waals surface area contributed by atoms with Gasteiger partial charge in [-0.15, -0.1) is 0 Å². The van der Waals surface area contributed by atoms with Gasteiger partial charge in [0.2, 0.25) is 0 Å². The SMILES string of the molecule is CCOC(=O)c1c(C)c(C(=O)CN(C(=O)Nc2ccccc2C)C2CC2)c(C)n1C. The summed E-state index contributed by atoms with van der Waals surface area (Å²) in [5.74, 6) is -0.626. The van der Waals surface area contributed by atoms with Crippen LogP contribution in [0.25, 0.3) is 0 Å². The molecule has 0 aliphatic heterocycles. The number of aromatic nitrogens is 1. The molecule has 1 aromatic carbocycles. The van der Waals surface area contributed by atoms with E-state index in [1.165, 1.54) is 0 Å². The number of amides is 2. The molecular formula is C23H29N3O4. The van der Waals surface area contributed by atoms with Crippen molar-refractivity contribution in [2.24, 2.45) is 7.05 Å². The van der Waals surface area contributed by atoms with E-state index < -0.39 is 5.97 Å². The zero-order chi connectivity index (χ0) is 22.0. The summed E-state index contributed by atoms with van der Waals surface area (Å²) < 4.78 is 6.83. The molecule has 1 aromatic heterocycles. The highest BCUT2D eigenvalue weighted by Gasteiger charge is 2.35. The molecule has 1 aliphatic rings. The Labute approximate surface area is 177 Å². The Morgan fingerprint density at radius 2 is 1.83 bits per heavy atom. The Hall–Kier alpha value is -3.09. The summed E-state index contributed by atoms with van der Waals surface area (Å²) in [4.78, 5) is 40.1. The number of hydrogen-bond acceptors (Lipinski definition) is 4. The summed E-state index contributed by atoms with van der Waals surface area (Å²) in [7, 11) is 1.74. The first kappa shape index (κ1) is 21.6. The van der Waals surface area contributed by atoms with Crippen LogP contribution < -0.4 is 5.32 Å². The van der Waals surface area contributed by atoms with Gasteiger partial charge in [0.1, 0.15) is 5.69 Å². The number of carbonyl (C=O) groups is 3. The topological polar surface area (TPSA) is 80.6 Å². The minimum absolute atomic E-state index is 0.0314. The number of carbonyl (C=O) groups excluding carboxylic acids is 3. The molecule has 30 heavy (non-hydrogen) atoms. The van der Waals surface area contributed by atoms with Crippen LogP contribution in [0.1, 0.15) is 57.4 Å². The average Bonchev–Trinajstić information content (AvgIpc) is 3.50. The molecule has 1 N–H and O–H groups in total. The van der Waals surface area contributed by atoms with Crippen LogP contribution in [-0.2, 0) is 11.8 Å². The first-order chi connectivity index (χ1) is 14.3. The smallest absolute Gasteiger partial charge is 0.355 e. The molecule has 3 rings (SSSR count). The summed E-state index contributed by atoms with van der Waals surface area (Å²) in [5.41, 5.74) is 3.83. The first-order valence-corrected chi connectivity index (χ1v) is 10.3. The molecule has 160 valence electrons. The fourth-order valence-electron chi connectivity index (χ4n) is 3.76. The standard InChI is InChI=1S/C23H29N3O4/c1-6-30-22(28)21-15(3)20(16(4)25(21)5)19(27)13-26(17-11-12-17)23(29)24-18-10-8-7-9-14(18)2/h7-10,17H,6,11-13H2,1-5H3,(H,24,29). The van der Waals surface area contributed by atoms with E-state index in [0.717, 1.165) is 24.1 Å². The van der Waals surface area contributed by atoms with Gasteiger partial charge in [0, 0.05) is 30.0 Å². The molecule has 0 radical (unpaired) electrons. The molecular weight excluding hydrogens is 382 g/mol. The highest BCUT2D eigenvalue weighted by molar-refractivity contribution is 6.05. The Balaban J connectivity index is 1.83. The van der Waals surface area contributed by atoms with Crippen molar-refractivity contribution in [3.05, 3.63) is 52.3 Å². The number of Topliss-reactive ketones (excluding diaryl/α,β-unsaturated/α-hetero) is 1. The quantitative estimate of drug-likeness (QED) is 0.551. The molecule has 7 heteroatoms. The molecule has 0 saturated heterocycles. The summed E-state index contributed by atoms with van der Waals surface area (Å²) in [6, 6.07) is 7.33. The average molecular weight is 412 g/mol. The lowest BCUT2D eigenvalue weighted by atomic mass is 10.1. The molecule has 1 saturated carbocycles. The van der Waals surface area contributed by atoms with Gasteiger partial charge in [0.15, 0.2) is 5.78 Å². The van der Waals surface area contributed by atoms with E-state index in [1.54, 1.807) is 37.3 Å². The van der Waals surface area contributed by atoms with Crippen molar-refractivity contribution < 1.29 is 19.1 Å². The van der Waals surface area contributed by atoms with Crippen LogP contribution >= 0.6 is 0 Å². The lowest BCUT2D eigenvalue weighted by Gasteiger charge is -2.23. The van der Waals surface area contributed by atoms with Crippen LogP contribution in [0.4, 0.5) is 10.5 Å². The summed E-state index contributed by atoms with van der Waals surface area (Å²) in [6.45, 7) is 7.46. The van der Waals surface area contributed by atoms with E-state index in [-0.39, 0.29) is 31.0 Å². The number of aryl methyl sites for hydroxylation is 1. The normalized spacial score (nSPS) is 13.1. The second kappa shape index (κ2) is 8.73. The number of nitrogens with zero attached hydrogens (tertiary/aromatic N) is 2. The van der Waals surface area contributed by atoms with E-state index in [4.69, 9.17) is 4.74 Å². The second-order valence-corrected chi connectivity index (χ2v) is 7.74. The van der Waals surface area contributed by atoms with Gasteiger partial charge in [-0.1, -0.05) is 18.2 Å². The van der Waals surface area contributed by atoms with Crippen molar-refractivity contribution >= 4 is 23.5 Å². The van der Waals surface area contributed by atoms with Gasteiger partial charge < -0.3 is 19.5 Å². The number of nitrogens with one attached hydrogen (secondary N) is 1. The van der Waals surface area contributed by atoms with Crippen LogP contribution in [0.3, 0.4) is 0 Å². The van der Waals surface area contributed by atoms with E-state index in [2.05, 4.69) is 5.32 Å². The van der Waals surface area contributed by atoms with Crippen LogP contribution in [0, 0.1) is 20.8 Å². The van der Waals surface area contributed by atoms with E-state index in [9.17, 15) is 14.4 Å². The number of urea groups is 1. The van der Waals surface area contributed by atoms with Crippen molar-refractivity contribution in [2.75, 3.05) is 18.5 Å². The molecule has 1 heterocycles. The number of ether oxygens (including phenoxy) is 1. The van der Waals surface area contributed by atoms with Crippen LogP contribution in [0.15, 0.2) is 24.3 Å². The zero-order valence-electron chi connectivity index (χ0n) is 18.2. The highest BCUT2D eigenvalue weighted by Crippen LogP contribution is 2.29. The van der Waals surface area contributed by atoms with Crippen LogP contribution in [0.5, 0.6) is 0 Å². The monoisotopic (exact) mass is 411 g/mol. The Kier molecular flexibility index (Phi) is 6.29. The molecule has 1 aliphatic carbocycles. The molecule has 0 spiro atoms. The molecule has 7 nitrogen and oxygen atoms in total. The summed E-state index contributed by atoms with van der Waals surface area (Å²) in [5, 5.41) is 2.92. The fourth-order valence-corrected chi connectivity index (χ4v) is 3.76.